The van der Waals surface area contributed by atoms with Crippen LogP contribution in [0.3, 0.4) is 0 Å². The van der Waals surface area contributed by atoms with Crippen molar-refractivity contribution in [1.29, 1.82) is 0 Å². The van der Waals surface area contributed by atoms with Crippen LogP contribution in [0, 0.1) is 12.7 Å². The van der Waals surface area contributed by atoms with E-state index >= 15 is 0 Å². The number of carbonyl (C=O) groups is 1. The van der Waals surface area contributed by atoms with Gasteiger partial charge in [0.15, 0.2) is 6.54 Å². The molecule has 0 bridgehead atoms. The monoisotopic (exact) mass is 456 g/mol. The van der Waals surface area contributed by atoms with E-state index in [-0.39, 0.29) is 42.0 Å². The standard InChI is InChI=1S/C20H23ClFN3O4S/c1-14-3-5-16(12-17(14)22)23-20(26)13-24-7-9-25(10-8-24)30(27,28)19-11-15(21)4-6-18(19)29-2/h3-6,11-12H,7-10,13H2,1-2H3,(H,23,26)/p+1. The molecular formula is C20H24ClFN3O4S+. The Morgan fingerprint density at radius 3 is 2.57 bits per heavy atom. The zero-order valence-electron chi connectivity index (χ0n) is 16.7. The minimum absolute atomic E-state index is 0.0279. The van der Waals surface area contributed by atoms with Crippen LogP contribution in [0.2, 0.25) is 5.02 Å². The number of rotatable bonds is 6. The van der Waals surface area contributed by atoms with Gasteiger partial charge < -0.3 is 15.0 Å². The van der Waals surface area contributed by atoms with E-state index in [2.05, 4.69) is 5.32 Å². The van der Waals surface area contributed by atoms with Gasteiger partial charge in [0.1, 0.15) is 16.5 Å². The number of halogens is 2. The van der Waals surface area contributed by atoms with E-state index in [1.54, 1.807) is 25.1 Å². The predicted octanol–water partition coefficient (Wildman–Crippen LogP) is 1.32. The smallest absolute Gasteiger partial charge is 0.279 e. The third-order valence-electron chi connectivity index (χ3n) is 5.04. The number of amides is 1. The molecule has 30 heavy (non-hydrogen) atoms. The van der Waals surface area contributed by atoms with Crippen molar-refractivity contribution in [2.75, 3.05) is 45.2 Å². The Hall–Kier alpha value is -2.20. The molecule has 7 nitrogen and oxygen atoms in total. The normalized spacial score (nSPS) is 15.7. The Morgan fingerprint density at radius 1 is 1.23 bits per heavy atom. The van der Waals surface area contributed by atoms with Gasteiger partial charge in [0.2, 0.25) is 10.0 Å². The second kappa shape index (κ2) is 9.30. The average Bonchev–Trinajstić information content (AvgIpc) is 2.71. The molecule has 1 aliphatic heterocycles. The molecule has 3 rings (SSSR count). The summed E-state index contributed by atoms with van der Waals surface area (Å²) in [4.78, 5) is 13.3. The number of ether oxygens (including phenoxy) is 1. The maximum Gasteiger partial charge on any atom is 0.279 e. The van der Waals surface area contributed by atoms with E-state index in [4.69, 9.17) is 16.3 Å². The third kappa shape index (κ3) is 5.10. The van der Waals surface area contributed by atoms with Crippen molar-refractivity contribution in [3.63, 3.8) is 0 Å². The van der Waals surface area contributed by atoms with Gasteiger partial charge in [0.05, 0.1) is 33.3 Å². The molecule has 0 atom stereocenters. The van der Waals surface area contributed by atoms with Gasteiger partial charge in [-0.3, -0.25) is 4.79 Å². The van der Waals surface area contributed by atoms with Gasteiger partial charge in [0.25, 0.3) is 5.91 Å². The molecule has 10 heteroatoms. The van der Waals surface area contributed by atoms with Crippen LogP contribution in [0.25, 0.3) is 0 Å². The molecule has 1 heterocycles. The van der Waals surface area contributed by atoms with Crippen molar-refractivity contribution in [1.82, 2.24) is 4.31 Å². The van der Waals surface area contributed by atoms with Crippen LogP contribution in [0.5, 0.6) is 5.75 Å². The van der Waals surface area contributed by atoms with E-state index in [9.17, 15) is 17.6 Å². The minimum Gasteiger partial charge on any atom is -0.495 e. The highest BCUT2D eigenvalue weighted by molar-refractivity contribution is 7.89. The molecule has 0 unspecified atom stereocenters. The summed E-state index contributed by atoms with van der Waals surface area (Å²) in [6, 6.07) is 9.00. The second-order valence-corrected chi connectivity index (χ2v) is 9.48. The molecule has 2 aromatic carbocycles. The summed E-state index contributed by atoms with van der Waals surface area (Å²) in [5.41, 5.74) is 0.907. The molecule has 0 radical (unpaired) electrons. The lowest BCUT2D eigenvalue weighted by Gasteiger charge is -2.31. The number of hydrogen-bond donors (Lipinski definition) is 2. The predicted molar refractivity (Wildman–Crippen MR) is 112 cm³/mol. The first-order valence-electron chi connectivity index (χ1n) is 9.44. The highest BCUT2D eigenvalue weighted by Crippen LogP contribution is 2.29. The van der Waals surface area contributed by atoms with Gasteiger partial charge in [-0.25, -0.2) is 12.8 Å². The van der Waals surface area contributed by atoms with Crippen LogP contribution in [-0.4, -0.2) is 58.5 Å². The summed E-state index contributed by atoms with van der Waals surface area (Å²) in [6.45, 7) is 3.29. The third-order valence-corrected chi connectivity index (χ3v) is 7.19. The highest BCUT2D eigenvalue weighted by Gasteiger charge is 2.33. The van der Waals surface area contributed by atoms with Gasteiger partial charge >= 0.3 is 0 Å². The Morgan fingerprint density at radius 2 is 1.93 bits per heavy atom. The van der Waals surface area contributed by atoms with Gasteiger partial charge in [-0.15, -0.1) is 0 Å². The van der Waals surface area contributed by atoms with Crippen LogP contribution >= 0.6 is 11.6 Å². The fourth-order valence-electron chi connectivity index (χ4n) is 3.31. The highest BCUT2D eigenvalue weighted by atomic mass is 35.5. The van der Waals surface area contributed by atoms with Crippen molar-refractivity contribution in [3.05, 3.63) is 52.8 Å². The van der Waals surface area contributed by atoms with Crippen LogP contribution in [-0.2, 0) is 14.8 Å². The Bertz CT molecular complexity index is 1040. The number of quaternary nitrogens is 1. The zero-order valence-corrected chi connectivity index (χ0v) is 18.3. The topological polar surface area (TPSA) is 80.2 Å². The maximum atomic E-state index is 13.6. The Kier molecular flexibility index (Phi) is 6.97. The molecule has 0 spiro atoms. The van der Waals surface area contributed by atoms with Crippen LogP contribution in [0.4, 0.5) is 10.1 Å². The summed E-state index contributed by atoms with van der Waals surface area (Å²) in [5.74, 6) is -0.393. The number of anilines is 1. The molecule has 0 aliphatic carbocycles. The molecule has 1 fully saturated rings. The first kappa shape index (κ1) is 22.5. The lowest BCUT2D eigenvalue weighted by Crippen LogP contribution is -3.15. The van der Waals surface area contributed by atoms with Crippen molar-refractivity contribution in [3.8, 4) is 5.75 Å². The van der Waals surface area contributed by atoms with Crippen molar-refractivity contribution >= 4 is 33.2 Å². The average molecular weight is 457 g/mol. The number of methoxy groups -OCH3 is 1. The number of nitrogens with zero attached hydrogens (tertiary/aromatic N) is 1. The Balaban J connectivity index is 1.59. The SMILES string of the molecule is COc1ccc(Cl)cc1S(=O)(=O)N1CC[NH+](CC(=O)Nc2ccc(C)c(F)c2)CC1. The quantitative estimate of drug-likeness (QED) is 0.687. The van der Waals surface area contributed by atoms with E-state index < -0.39 is 10.0 Å². The molecule has 1 aliphatic rings. The number of benzene rings is 2. The molecule has 1 saturated heterocycles. The number of carbonyl (C=O) groups excluding carboxylic acids is 1. The maximum absolute atomic E-state index is 13.6. The summed E-state index contributed by atoms with van der Waals surface area (Å²) >= 11 is 5.97. The Labute approximate surface area is 180 Å². The summed E-state index contributed by atoms with van der Waals surface area (Å²) < 4.78 is 46.2. The molecule has 2 aromatic rings. The van der Waals surface area contributed by atoms with Gasteiger partial charge in [-0.2, -0.15) is 4.31 Å². The van der Waals surface area contributed by atoms with Crippen molar-refractivity contribution in [2.45, 2.75) is 11.8 Å². The molecule has 0 saturated carbocycles. The number of sulfonamides is 1. The summed E-state index contributed by atoms with van der Waals surface area (Å²) in [6.07, 6.45) is 0. The first-order chi connectivity index (χ1) is 14.2. The van der Waals surface area contributed by atoms with E-state index in [0.717, 1.165) is 4.90 Å². The lowest BCUT2D eigenvalue weighted by atomic mass is 10.2. The van der Waals surface area contributed by atoms with Crippen molar-refractivity contribution in [2.24, 2.45) is 0 Å². The van der Waals surface area contributed by atoms with Crippen LogP contribution in [0.1, 0.15) is 5.56 Å². The van der Waals surface area contributed by atoms with Crippen LogP contribution in [0.15, 0.2) is 41.3 Å². The number of piperazine rings is 1. The lowest BCUT2D eigenvalue weighted by molar-refractivity contribution is -0.895. The fraction of sp³-hybridized carbons (Fsp3) is 0.350. The number of hydrogen-bond acceptors (Lipinski definition) is 4. The molecule has 2 N–H and O–H groups in total. The fourth-order valence-corrected chi connectivity index (χ4v) is 5.17. The number of aryl methyl sites for hydroxylation is 1. The largest absolute Gasteiger partial charge is 0.495 e. The minimum atomic E-state index is -3.77. The van der Waals surface area contributed by atoms with Gasteiger partial charge in [-0.1, -0.05) is 17.7 Å². The molecular weight excluding hydrogens is 433 g/mol. The summed E-state index contributed by atoms with van der Waals surface area (Å²) in [7, 11) is -2.36. The van der Waals surface area contributed by atoms with E-state index in [0.29, 0.717) is 29.4 Å². The van der Waals surface area contributed by atoms with E-state index in [1.807, 2.05) is 0 Å². The number of nitrogens with one attached hydrogen (secondary N) is 2. The van der Waals surface area contributed by atoms with E-state index in [1.165, 1.54) is 29.6 Å². The molecule has 162 valence electrons. The van der Waals surface area contributed by atoms with Gasteiger partial charge in [0, 0.05) is 10.7 Å². The zero-order chi connectivity index (χ0) is 21.9. The first-order valence-corrected chi connectivity index (χ1v) is 11.3. The molecule has 1 amide bonds. The second-order valence-electron chi connectivity index (χ2n) is 7.14. The van der Waals surface area contributed by atoms with Crippen molar-refractivity contribution < 1.29 is 27.2 Å². The van der Waals surface area contributed by atoms with Crippen LogP contribution < -0.4 is 15.0 Å². The summed E-state index contributed by atoms with van der Waals surface area (Å²) in [5, 5.41) is 2.99. The van der Waals surface area contributed by atoms with Gasteiger partial charge in [-0.05, 0) is 42.8 Å². The molecule has 0 aromatic heterocycles.